The number of rotatable bonds is 5. The van der Waals surface area contributed by atoms with Crippen molar-refractivity contribution in [1.82, 2.24) is 0 Å². The highest BCUT2D eigenvalue weighted by Crippen LogP contribution is 2.51. The Labute approximate surface area is 242 Å². The topological polar surface area (TPSA) is 62.2 Å². The van der Waals surface area contributed by atoms with E-state index in [4.69, 9.17) is 9.84 Å². The highest BCUT2D eigenvalue weighted by Gasteiger charge is 2.60. The average Bonchev–Trinajstić information content (AvgIpc) is 3.22. The first-order valence-corrected chi connectivity index (χ1v) is 14.3. The van der Waals surface area contributed by atoms with Crippen LogP contribution in [-0.4, -0.2) is 36.8 Å². The lowest BCUT2D eigenvalue weighted by Gasteiger charge is -2.52. The summed E-state index contributed by atoms with van der Waals surface area (Å²) in [4.78, 5) is 28.8. The minimum Gasteiger partial charge on any atom is -0.462 e. The fourth-order valence-electron chi connectivity index (χ4n) is 6.87. The van der Waals surface area contributed by atoms with E-state index in [1.807, 2.05) is 25.1 Å². The molecule has 0 unspecified atom stereocenters. The first-order valence-electron chi connectivity index (χ1n) is 14.3. The minimum atomic E-state index is -4.49. The summed E-state index contributed by atoms with van der Waals surface area (Å²) >= 11 is 0. The Hall–Kier alpha value is -4.14. The van der Waals surface area contributed by atoms with Crippen LogP contribution >= 0.6 is 0 Å². The molecule has 3 aliphatic rings. The van der Waals surface area contributed by atoms with E-state index >= 15 is 0 Å². The van der Waals surface area contributed by atoms with Gasteiger partial charge in [0.15, 0.2) is 0 Å². The molecule has 218 valence electrons. The summed E-state index contributed by atoms with van der Waals surface area (Å²) in [5.41, 5.74) is 2.08. The number of hydrazone groups is 1. The number of carbonyl (C=O) groups is 2. The third-order valence-electron chi connectivity index (χ3n) is 8.93. The number of hydrogen-bond acceptors (Lipinski definition) is 5. The normalized spacial score (nSPS) is 23.5. The molecule has 1 fully saturated rings. The SMILES string of the molecule is CCOC(=O)c1ccc(N2N=C(C)[C@@]3(Cc4cc(C(F)(F)F)ccc4N4CC[C@@H](Cc5ccccc5)C[C@@H]43)C2=O)cc1. The van der Waals surface area contributed by atoms with Crippen LogP contribution < -0.4 is 9.91 Å². The Morgan fingerprint density at radius 3 is 2.50 bits per heavy atom. The number of ether oxygens (including phenoxy) is 1. The standard InChI is InChI=1S/C33H32F3N3O3/c1-3-42-30(40)24-9-12-27(13-10-24)39-31(41)32(21(2)37-39)20-25-19-26(33(34,35)36)11-14-28(25)38-16-15-23(18-29(32)38)17-22-7-5-4-6-8-22/h4-14,19,23,29H,3,15-18,20H2,1-2H3/t23-,29+,32+/m0/s1. The van der Waals surface area contributed by atoms with Gasteiger partial charge in [0, 0.05) is 18.3 Å². The van der Waals surface area contributed by atoms with Crippen LogP contribution in [0, 0.1) is 11.3 Å². The fourth-order valence-corrected chi connectivity index (χ4v) is 6.87. The van der Waals surface area contributed by atoms with Crippen molar-refractivity contribution in [3.05, 3.63) is 95.1 Å². The number of halogens is 3. The first-order chi connectivity index (χ1) is 20.1. The number of esters is 1. The van der Waals surface area contributed by atoms with Crippen LogP contribution in [0.2, 0.25) is 0 Å². The van der Waals surface area contributed by atoms with Crippen molar-refractivity contribution in [3.8, 4) is 0 Å². The molecular weight excluding hydrogens is 543 g/mol. The summed E-state index contributed by atoms with van der Waals surface area (Å²) in [6, 6.07) is 20.3. The molecule has 0 aliphatic carbocycles. The van der Waals surface area contributed by atoms with E-state index in [2.05, 4.69) is 17.0 Å². The van der Waals surface area contributed by atoms with Gasteiger partial charge >= 0.3 is 12.1 Å². The summed E-state index contributed by atoms with van der Waals surface area (Å²) in [6.07, 6.45) is -1.91. The van der Waals surface area contributed by atoms with Gasteiger partial charge in [0.1, 0.15) is 5.41 Å². The van der Waals surface area contributed by atoms with Crippen LogP contribution in [0.1, 0.15) is 53.7 Å². The molecule has 0 N–H and O–H groups in total. The van der Waals surface area contributed by atoms with Gasteiger partial charge in [0.25, 0.3) is 5.91 Å². The van der Waals surface area contributed by atoms with Crippen LogP contribution in [0.3, 0.4) is 0 Å². The molecule has 6 nitrogen and oxygen atoms in total. The van der Waals surface area contributed by atoms with Crippen molar-refractivity contribution < 1.29 is 27.5 Å². The number of benzene rings is 3. The summed E-state index contributed by atoms with van der Waals surface area (Å²) in [6.45, 7) is 4.42. The predicted octanol–water partition coefficient (Wildman–Crippen LogP) is 6.68. The van der Waals surface area contributed by atoms with Crippen molar-refractivity contribution in [2.24, 2.45) is 16.4 Å². The van der Waals surface area contributed by atoms with Gasteiger partial charge in [0.05, 0.1) is 29.1 Å². The van der Waals surface area contributed by atoms with Crippen molar-refractivity contribution in [2.45, 2.75) is 51.7 Å². The predicted molar refractivity (Wildman–Crippen MR) is 155 cm³/mol. The van der Waals surface area contributed by atoms with Gasteiger partial charge in [-0.1, -0.05) is 30.3 Å². The van der Waals surface area contributed by atoms with Crippen LogP contribution in [0.25, 0.3) is 0 Å². The number of fused-ring (bicyclic) bond motifs is 4. The maximum atomic E-state index is 14.5. The zero-order valence-electron chi connectivity index (χ0n) is 23.5. The average molecular weight is 576 g/mol. The quantitative estimate of drug-likeness (QED) is 0.319. The van der Waals surface area contributed by atoms with Gasteiger partial charge in [0.2, 0.25) is 0 Å². The Bertz CT molecular complexity index is 1540. The molecule has 3 atom stereocenters. The molecule has 1 amide bonds. The molecule has 42 heavy (non-hydrogen) atoms. The van der Waals surface area contributed by atoms with E-state index in [1.54, 1.807) is 37.3 Å². The smallest absolute Gasteiger partial charge is 0.416 e. The zero-order chi connectivity index (χ0) is 29.6. The number of nitrogens with zero attached hydrogens (tertiary/aromatic N) is 3. The highest BCUT2D eigenvalue weighted by atomic mass is 19.4. The molecule has 0 saturated carbocycles. The first kappa shape index (κ1) is 28.0. The van der Waals surface area contributed by atoms with E-state index in [1.165, 1.54) is 16.6 Å². The Balaban J connectivity index is 1.38. The van der Waals surface area contributed by atoms with Crippen molar-refractivity contribution in [1.29, 1.82) is 0 Å². The number of hydrogen-bond donors (Lipinski definition) is 0. The van der Waals surface area contributed by atoms with E-state index in [-0.39, 0.29) is 25.0 Å². The number of carbonyl (C=O) groups excluding carboxylic acids is 2. The second-order valence-electron chi connectivity index (χ2n) is 11.3. The lowest BCUT2D eigenvalue weighted by molar-refractivity contribution is -0.137. The van der Waals surface area contributed by atoms with Gasteiger partial charge in [-0.2, -0.15) is 23.3 Å². The molecule has 3 aliphatic heterocycles. The Morgan fingerprint density at radius 2 is 1.81 bits per heavy atom. The third kappa shape index (κ3) is 4.74. The van der Waals surface area contributed by atoms with Crippen LogP contribution in [0.5, 0.6) is 0 Å². The molecule has 6 rings (SSSR count). The molecule has 3 heterocycles. The summed E-state index contributed by atoms with van der Waals surface area (Å²) in [5, 5.41) is 6.06. The van der Waals surface area contributed by atoms with Gasteiger partial charge in [-0.3, -0.25) is 4.79 Å². The van der Waals surface area contributed by atoms with Crippen LogP contribution in [0.15, 0.2) is 77.9 Å². The zero-order valence-corrected chi connectivity index (χ0v) is 23.5. The molecule has 3 aromatic rings. The van der Waals surface area contributed by atoms with E-state index in [9.17, 15) is 22.8 Å². The third-order valence-corrected chi connectivity index (χ3v) is 8.93. The second-order valence-corrected chi connectivity index (χ2v) is 11.3. The number of piperidine rings is 1. The summed E-state index contributed by atoms with van der Waals surface area (Å²) in [7, 11) is 0. The fraction of sp³-hybridized carbons (Fsp3) is 0.364. The molecule has 0 bridgehead atoms. The maximum Gasteiger partial charge on any atom is 0.416 e. The van der Waals surface area contributed by atoms with Gasteiger partial charge in [-0.15, -0.1) is 0 Å². The largest absolute Gasteiger partial charge is 0.462 e. The van der Waals surface area contributed by atoms with E-state index in [0.717, 1.165) is 24.6 Å². The van der Waals surface area contributed by atoms with Crippen LogP contribution in [0.4, 0.5) is 24.5 Å². The number of amides is 1. The highest BCUT2D eigenvalue weighted by molar-refractivity contribution is 6.20. The van der Waals surface area contributed by atoms with Crippen molar-refractivity contribution >= 4 is 29.0 Å². The number of alkyl halides is 3. The molecule has 9 heteroatoms. The van der Waals surface area contributed by atoms with Gasteiger partial charge < -0.3 is 9.64 Å². The molecule has 1 saturated heterocycles. The molecule has 3 aromatic carbocycles. The summed E-state index contributed by atoms with van der Waals surface area (Å²) in [5.74, 6) is -0.415. The van der Waals surface area contributed by atoms with Crippen molar-refractivity contribution in [3.63, 3.8) is 0 Å². The monoisotopic (exact) mass is 575 g/mol. The van der Waals surface area contributed by atoms with Gasteiger partial charge in [-0.05, 0) is 99.0 Å². The Morgan fingerprint density at radius 1 is 1.07 bits per heavy atom. The lowest BCUT2D eigenvalue weighted by atomic mass is 9.63. The molecule has 0 radical (unpaired) electrons. The van der Waals surface area contributed by atoms with Gasteiger partial charge in [-0.25, -0.2) is 4.79 Å². The number of anilines is 2. The Kier molecular flexibility index (Phi) is 7.07. The van der Waals surface area contributed by atoms with Crippen molar-refractivity contribution in [2.75, 3.05) is 23.1 Å². The van der Waals surface area contributed by atoms with E-state index < -0.39 is 23.1 Å². The second kappa shape index (κ2) is 10.6. The molecular formula is C33H32F3N3O3. The molecule has 1 spiro atoms. The lowest BCUT2D eigenvalue weighted by Crippen LogP contribution is -2.62. The molecule has 0 aromatic heterocycles. The van der Waals surface area contributed by atoms with E-state index in [0.29, 0.717) is 41.4 Å². The van der Waals surface area contributed by atoms with Crippen LogP contribution in [-0.2, 0) is 28.5 Å². The minimum absolute atomic E-state index is 0.136. The maximum absolute atomic E-state index is 14.5. The summed E-state index contributed by atoms with van der Waals surface area (Å²) < 4.78 is 46.3.